The zero-order valence-electron chi connectivity index (χ0n) is 8.84. The van der Waals surface area contributed by atoms with Gasteiger partial charge >= 0.3 is 0 Å². The topological polar surface area (TPSA) is 71.6 Å². The quantitative estimate of drug-likeness (QED) is 0.425. The van der Waals surface area contributed by atoms with E-state index in [2.05, 4.69) is 10.1 Å². The Kier molecular flexibility index (Phi) is 3.33. The highest BCUT2D eigenvalue weighted by Crippen LogP contribution is 2.19. The number of aromatic nitrogens is 1. The molecule has 0 saturated heterocycles. The zero-order chi connectivity index (χ0) is 11.4. The Morgan fingerprint density at radius 1 is 1.60 bits per heavy atom. The van der Waals surface area contributed by atoms with Crippen molar-refractivity contribution in [1.29, 1.82) is 0 Å². The molecule has 0 aliphatic rings. The van der Waals surface area contributed by atoms with Gasteiger partial charge in [0.1, 0.15) is 5.69 Å². The fourth-order valence-electron chi connectivity index (χ4n) is 1.10. The highest BCUT2D eigenvalue weighted by Gasteiger charge is 2.16. The van der Waals surface area contributed by atoms with Crippen molar-refractivity contribution in [2.24, 2.45) is 5.10 Å². The molecular formula is C9H12N4O2. The lowest BCUT2D eigenvalue weighted by Gasteiger charge is -2.03. The molecule has 0 aliphatic carbocycles. The molecular weight excluding hydrogens is 196 g/mol. The second-order valence-corrected chi connectivity index (χ2v) is 3.18. The van der Waals surface area contributed by atoms with E-state index in [1.165, 1.54) is 12.4 Å². The molecule has 1 heterocycles. The first kappa shape index (κ1) is 11.1. The van der Waals surface area contributed by atoms with Gasteiger partial charge in [0.2, 0.25) is 0 Å². The van der Waals surface area contributed by atoms with Crippen LogP contribution in [0.4, 0.5) is 5.69 Å². The fraction of sp³-hybridized carbons (Fsp3) is 0.333. The largest absolute Gasteiger partial charge is 0.303 e. The van der Waals surface area contributed by atoms with E-state index in [-0.39, 0.29) is 5.69 Å². The lowest BCUT2D eigenvalue weighted by molar-refractivity contribution is -0.385. The van der Waals surface area contributed by atoms with Gasteiger partial charge in [-0.3, -0.25) is 15.1 Å². The maximum atomic E-state index is 10.8. The molecule has 0 N–H and O–H groups in total. The van der Waals surface area contributed by atoms with E-state index in [0.29, 0.717) is 11.3 Å². The monoisotopic (exact) mass is 208 g/mol. The standard InChI is InChI=1S/C9H12N4O2/c1-7-9(13(14)15)8(4-5-10-7)6-11-12(2)3/h4-6H,1-3H3/b11-6-. The number of hydrazone groups is 1. The molecule has 0 spiro atoms. The number of hydrogen-bond donors (Lipinski definition) is 0. The fourth-order valence-corrected chi connectivity index (χ4v) is 1.10. The second-order valence-electron chi connectivity index (χ2n) is 3.18. The summed E-state index contributed by atoms with van der Waals surface area (Å²) in [4.78, 5) is 14.2. The van der Waals surface area contributed by atoms with Gasteiger partial charge in [-0.05, 0) is 13.0 Å². The molecule has 80 valence electrons. The van der Waals surface area contributed by atoms with Crippen LogP contribution in [-0.4, -0.2) is 35.2 Å². The number of nitrogens with zero attached hydrogens (tertiary/aromatic N) is 4. The molecule has 6 heteroatoms. The number of nitro groups is 1. The Morgan fingerprint density at radius 3 is 2.80 bits per heavy atom. The minimum Gasteiger partial charge on any atom is -0.303 e. The third-order valence-electron chi connectivity index (χ3n) is 1.75. The third-order valence-corrected chi connectivity index (χ3v) is 1.75. The summed E-state index contributed by atoms with van der Waals surface area (Å²) in [6, 6.07) is 1.57. The van der Waals surface area contributed by atoms with Crippen molar-refractivity contribution < 1.29 is 4.92 Å². The van der Waals surface area contributed by atoms with Crippen LogP contribution in [0, 0.1) is 17.0 Å². The first-order valence-corrected chi connectivity index (χ1v) is 4.33. The van der Waals surface area contributed by atoms with Gasteiger partial charge in [-0.15, -0.1) is 0 Å². The average Bonchev–Trinajstić information content (AvgIpc) is 2.13. The first-order chi connectivity index (χ1) is 7.02. The molecule has 0 fully saturated rings. The van der Waals surface area contributed by atoms with Crippen molar-refractivity contribution in [1.82, 2.24) is 9.99 Å². The van der Waals surface area contributed by atoms with Gasteiger partial charge < -0.3 is 5.01 Å². The highest BCUT2D eigenvalue weighted by atomic mass is 16.6. The summed E-state index contributed by atoms with van der Waals surface area (Å²) >= 11 is 0. The Balaban J connectivity index is 3.17. The molecule has 1 rings (SSSR count). The van der Waals surface area contributed by atoms with Crippen molar-refractivity contribution in [3.05, 3.63) is 33.6 Å². The van der Waals surface area contributed by atoms with Crippen LogP contribution in [0.3, 0.4) is 0 Å². The lowest BCUT2D eigenvalue weighted by Crippen LogP contribution is -2.04. The summed E-state index contributed by atoms with van der Waals surface area (Å²) in [6.45, 7) is 1.60. The lowest BCUT2D eigenvalue weighted by atomic mass is 10.2. The molecule has 0 amide bonds. The number of pyridine rings is 1. The number of aryl methyl sites for hydroxylation is 1. The van der Waals surface area contributed by atoms with Crippen molar-refractivity contribution in [3.63, 3.8) is 0 Å². The maximum Gasteiger partial charge on any atom is 0.299 e. The average molecular weight is 208 g/mol. The van der Waals surface area contributed by atoms with Gasteiger partial charge in [0.15, 0.2) is 0 Å². The Morgan fingerprint density at radius 2 is 2.27 bits per heavy atom. The molecule has 0 saturated carbocycles. The molecule has 15 heavy (non-hydrogen) atoms. The molecule has 0 aromatic carbocycles. The number of hydrogen-bond acceptors (Lipinski definition) is 5. The van der Waals surface area contributed by atoms with Crippen LogP contribution < -0.4 is 0 Å². The molecule has 0 aliphatic heterocycles. The van der Waals surface area contributed by atoms with Gasteiger partial charge in [0, 0.05) is 20.3 Å². The van der Waals surface area contributed by atoms with Crippen LogP contribution in [0.5, 0.6) is 0 Å². The van der Waals surface area contributed by atoms with E-state index in [1.54, 1.807) is 32.1 Å². The van der Waals surface area contributed by atoms with Crippen molar-refractivity contribution in [3.8, 4) is 0 Å². The van der Waals surface area contributed by atoms with Gasteiger partial charge in [0.05, 0.1) is 16.7 Å². The van der Waals surface area contributed by atoms with Crippen LogP contribution in [0.15, 0.2) is 17.4 Å². The predicted octanol–water partition coefficient (Wildman–Crippen LogP) is 1.19. The van der Waals surface area contributed by atoms with E-state index < -0.39 is 4.92 Å². The molecule has 0 atom stereocenters. The summed E-state index contributed by atoms with van der Waals surface area (Å²) in [5.74, 6) is 0. The molecule has 6 nitrogen and oxygen atoms in total. The van der Waals surface area contributed by atoms with Crippen LogP contribution in [0.25, 0.3) is 0 Å². The molecule has 0 bridgehead atoms. The smallest absolute Gasteiger partial charge is 0.299 e. The Bertz CT molecular complexity index is 401. The van der Waals surface area contributed by atoms with E-state index in [4.69, 9.17) is 0 Å². The van der Waals surface area contributed by atoms with Gasteiger partial charge in [-0.1, -0.05) is 0 Å². The first-order valence-electron chi connectivity index (χ1n) is 4.33. The third kappa shape index (κ3) is 2.73. The normalized spacial score (nSPS) is 10.6. The van der Waals surface area contributed by atoms with Gasteiger partial charge in [0.25, 0.3) is 5.69 Å². The van der Waals surface area contributed by atoms with Crippen molar-refractivity contribution in [2.75, 3.05) is 14.1 Å². The van der Waals surface area contributed by atoms with Gasteiger partial charge in [-0.2, -0.15) is 5.10 Å². The molecule has 1 aromatic heterocycles. The summed E-state index contributed by atoms with van der Waals surface area (Å²) in [6.07, 6.45) is 2.98. The van der Waals surface area contributed by atoms with E-state index in [1.807, 2.05) is 0 Å². The Labute approximate surface area is 87.4 Å². The van der Waals surface area contributed by atoms with Crippen LogP contribution >= 0.6 is 0 Å². The van der Waals surface area contributed by atoms with Crippen LogP contribution in [0.1, 0.15) is 11.3 Å². The minimum absolute atomic E-state index is 0.00287. The second kappa shape index (κ2) is 4.50. The maximum absolute atomic E-state index is 10.8. The highest BCUT2D eigenvalue weighted by molar-refractivity contribution is 5.85. The summed E-state index contributed by atoms with van der Waals surface area (Å²) in [7, 11) is 3.49. The van der Waals surface area contributed by atoms with E-state index in [0.717, 1.165) is 0 Å². The Hall–Kier alpha value is -1.98. The SMILES string of the molecule is Cc1nccc(/C=N\N(C)C)c1[N+](=O)[O-]. The van der Waals surface area contributed by atoms with Crippen LogP contribution in [0.2, 0.25) is 0 Å². The van der Waals surface area contributed by atoms with E-state index >= 15 is 0 Å². The summed E-state index contributed by atoms with van der Waals surface area (Å²) in [5, 5.41) is 16.3. The summed E-state index contributed by atoms with van der Waals surface area (Å²) < 4.78 is 0. The van der Waals surface area contributed by atoms with Crippen LogP contribution in [-0.2, 0) is 0 Å². The van der Waals surface area contributed by atoms with Gasteiger partial charge in [-0.25, -0.2) is 0 Å². The van der Waals surface area contributed by atoms with Crippen molar-refractivity contribution in [2.45, 2.75) is 6.92 Å². The van der Waals surface area contributed by atoms with Crippen molar-refractivity contribution >= 4 is 11.9 Å². The summed E-state index contributed by atoms with van der Waals surface area (Å²) in [5.41, 5.74) is 0.854. The minimum atomic E-state index is -0.445. The molecule has 0 radical (unpaired) electrons. The number of rotatable bonds is 3. The molecule has 0 unspecified atom stereocenters. The molecule has 1 aromatic rings. The van der Waals surface area contributed by atoms with E-state index in [9.17, 15) is 10.1 Å². The predicted molar refractivity (Wildman–Crippen MR) is 56.9 cm³/mol. The zero-order valence-corrected chi connectivity index (χ0v) is 8.84.